The number of alkyl halides is 1. The maximum absolute atomic E-state index is 15.3. The van der Waals surface area contributed by atoms with Crippen molar-refractivity contribution in [3.05, 3.63) is 11.6 Å². The molecule has 0 aromatic carbocycles. The number of ether oxygens (including phenoxy) is 1. The highest BCUT2D eigenvalue weighted by Crippen LogP contribution is 2.67. The molecule has 0 spiro atoms. The molecule has 4 rings (SSSR count). The van der Waals surface area contributed by atoms with Crippen LogP contribution < -0.4 is 0 Å². The lowest BCUT2D eigenvalue weighted by molar-refractivity contribution is -0.186. The Morgan fingerprint density at radius 3 is 2.67 bits per heavy atom. The third-order valence-corrected chi connectivity index (χ3v) is 8.89. The van der Waals surface area contributed by atoms with Gasteiger partial charge in [-0.25, -0.2) is 4.39 Å². The number of carbonyl (C=O) groups excluding carboxylic acids is 3. The summed E-state index contributed by atoms with van der Waals surface area (Å²) >= 11 is 0. The molecule has 0 aliphatic heterocycles. The van der Waals surface area contributed by atoms with E-state index in [0.717, 1.165) is 0 Å². The molecule has 0 saturated heterocycles. The van der Waals surface area contributed by atoms with Crippen molar-refractivity contribution in [2.45, 2.75) is 77.2 Å². The van der Waals surface area contributed by atoms with Gasteiger partial charge >= 0.3 is 5.97 Å². The van der Waals surface area contributed by atoms with Gasteiger partial charge < -0.3 is 14.9 Å². The molecule has 0 aromatic rings. The summed E-state index contributed by atoms with van der Waals surface area (Å²) in [7, 11) is 0. The summed E-state index contributed by atoms with van der Waals surface area (Å²) < 4.78 is 20.1. The van der Waals surface area contributed by atoms with E-state index in [1.807, 2.05) is 6.92 Å². The van der Waals surface area contributed by atoms with Crippen LogP contribution in [0.2, 0.25) is 0 Å². The second-order valence-corrected chi connectivity index (χ2v) is 10.3. The smallest absolute Gasteiger partial charge is 0.303 e. The molecule has 2 N–H and O–H groups in total. The Labute approximate surface area is 175 Å². The summed E-state index contributed by atoms with van der Waals surface area (Å²) in [5.74, 6) is -1.76. The molecule has 3 saturated carbocycles. The molecule has 7 heteroatoms. The molecule has 0 unspecified atom stereocenters. The number of hydrogen-bond acceptors (Lipinski definition) is 6. The minimum absolute atomic E-state index is 0.0648. The van der Waals surface area contributed by atoms with Crippen molar-refractivity contribution in [2.75, 3.05) is 6.61 Å². The normalized spacial score (nSPS) is 47.6. The molecule has 0 radical (unpaired) electrons. The van der Waals surface area contributed by atoms with Crippen LogP contribution in [0.5, 0.6) is 0 Å². The lowest BCUT2D eigenvalue weighted by atomic mass is 9.45. The zero-order valence-corrected chi connectivity index (χ0v) is 17.8. The maximum Gasteiger partial charge on any atom is 0.303 e. The van der Waals surface area contributed by atoms with Crippen LogP contribution in [0.1, 0.15) is 59.3 Å². The highest BCUT2D eigenvalue weighted by molar-refractivity contribution is 5.92. The lowest BCUT2D eigenvalue weighted by Gasteiger charge is -2.61. The van der Waals surface area contributed by atoms with Gasteiger partial charge in [0.15, 0.2) is 12.4 Å². The highest BCUT2D eigenvalue weighted by atomic mass is 19.1. The number of ketones is 2. The summed E-state index contributed by atoms with van der Waals surface area (Å²) in [6, 6.07) is 0. The zero-order valence-electron chi connectivity index (χ0n) is 17.8. The first-order valence-corrected chi connectivity index (χ1v) is 10.9. The van der Waals surface area contributed by atoms with Crippen molar-refractivity contribution in [2.24, 2.45) is 28.6 Å². The fraction of sp³-hybridized carbons (Fsp3) is 0.783. The molecular weight excluding hydrogens is 391 g/mol. The molecule has 0 heterocycles. The maximum atomic E-state index is 15.3. The van der Waals surface area contributed by atoms with Crippen LogP contribution in [0.4, 0.5) is 4.39 Å². The number of aliphatic hydroxyl groups excluding tert-OH is 1. The number of Topliss-reactive ketones (excluding diaryl/α,β-unsaturated/α-hetero) is 1. The van der Waals surface area contributed by atoms with E-state index in [9.17, 15) is 24.6 Å². The van der Waals surface area contributed by atoms with Gasteiger partial charge in [0.05, 0.1) is 6.10 Å². The Balaban J connectivity index is 1.69. The SMILES string of the molecule is CC(=O)OCC(=O)[C@@]1(O)CC[C@@H]2[C@@H]3C[C@H](F)C4=CC(=O)CC[C@]4(C)[C@@H]3[C@@H](O)C[C@]21C. The first kappa shape index (κ1) is 21.6. The number of hydrogen-bond donors (Lipinski definition) is 2. The van der Waals surface area contributed by atoms with Gasteiger partial charge in [0.2, 0.25) is 5.78 Å². The van der Waals surface area contributed by atoms with Gasteiger partial charge in [0.1, 0.15) is 11.8 Å². The van der Waals surface area contributed by atoms with Crippen LogP contribution in [0.15, 0.2) is 11.6 Å². The van der Waals surface area contributed by atoms with Crippen LogP contribution in [0.3, 0.4) is 0 Å². The predicted molar refractivity (Wildman–Crippen MR) is 105 cm³/mol. The van der Waals surface area contributed by atoms with Gasteiger partial charge in [0, 0.05) is 18.8 Å². The molecule has 30 heavy (non-hydrogen) atoms. The van der Waals surface area contributed by atoms with Crippen molar-refractivity contribution in [3.63, 3.8) is 0 Å². The standard InChI is InChI=1S/C23H31FO6/c1-12(25)30-11-19(28)23(29)7-5-15-14-9-17(24)16-8-13(26)4-6-21(16,2)20(14)18(27)10-22(15,23)3/h8,14-15,17-18,20,27,29H,4-7,9-11H2,1-3H3/t14-,15+,17-,18-,20-,21-,22+,23-/m0/s1. The highest BCUT2D eigenvalue weighted by Gasteiger charge is 2.69. The number of esters is 1. The largest absolute Gasteiger partial charge is 0.458 e. The van der Waals surface area contributed by atoms with Crippen LogP contribution in [0.25, 0.3) is 0 Å². The predicted octanol–water partition coefficient (Wildman–Crippen LogP) is 2.30. The summed E-state index contributed by atoms with van der Waals surface area (Å²) in [4.78, 5) is 35.9. The molecular formula is C23H31FO6. The van der Waals surface area contributed by atoms with Gasteiger partial charge in [-0.3, -0.25) is 14.4 Å². The molecule has 4 aliphatic carbocycles. The van der Waals surface area contributed by atoms with Crippen molar-refractivity contribution in [3.8, 4) is 0 Å². The molecule has 0 amide bonds. The minimum Gasteiger partial charge on any atom is -0.458 e. The van der Waals surface area contributed by atoms with Crippen LogP contribution >= 0.6 is 0 Å². The summed E-state index contributed by atoms with van der Waals surface area (Å²) in [6.45, 7) is 4.46. The number of aliphatic hydroxyl groups is 2. The van der Waals surface area contributed by atoms with Crippen molar-refractivity contribution < 1.29 is 33.7 Å². The molecule has 4 aliphatic rings. The Bertz CT molecular complexity index is 823. The van der Waals surface area contributed by atoms with Crippen LogP contribution in [0, 0.1) is 28.6 Å². The minimum atomic E-state index is -1.72. The zero-order chi connectivity index (χ0) is 22.1. The van der Waals surface area contributed by atoms with Gasteiger partial charge in [-0.1, -0.05) is 13.8 Å². The number of halogens is 1. The molecule has 8 atom stereocenters. The monoisotopic (exact) mass is 422 g/mol. The summed E-state index contributed by atoms with van der Waals surface area (Å²) in [5, 5.41) is 22.7. The second kappa shape index (κ2) is 6.95. The number of rotatable bonds is 3. The lowest BCUT2D eigenvalue weighted by Crippen LogP contribution is -2.63. The Hall–Kier alpha value is -1.60. The van der Waals surface area contributed by atoms with Crippen molar-refractivity contribution in [1.29, 1.82) is 0 Å². The molecule has 0 bridgehead atoms. The molecule has 6 nitrogen and oxygen atoms in total. The van der Waals surface area contributed by atoms with Crippen LogP contribution in [-0.2, 0) is 19.1 Å². The number of fused-ring (bicyclic) bond motifs is 5. The van der Waals surface area contributed by atoms with E-state index in [1.54, 1.807) is 6.92 Å². The Morgan fingerprint density at radius 1 is 1.30 bits per heavy atom. The van der Waals surface area contributed by atoms with E-state index in [0.29, 0.717) is 24.8 Å². The van der Waals surface area contributed by atoms with E-state index >= 15 is 4.39 Å². The average molecular weight is 422 g/mol. The van der Waals surface area contributed by atoms with E-state index in [-0.39, 0.29) is 42.8 Å². The molecule has 166 valence electrons. The second-order valence-electron chi connectivity index (χ2n) is 10.3. The topological polar surface area (TPSA) is 101 Å². The number of allylic oxidation sites excluding steroid dienone is 1. The summed E-state index contributed by atoms with van der Waals surface area (Å²) in [6.07, 6.45) is 1.37. The Morgan fingerprint density at radius 2 is 2.00 bits per heavy atom. The Kier molecular flexibility index (Phi) is 5.01. The van der Waals surface area contributed by atoms with E-state index < -0.39 is 47.1 Å². The van der Waals surface area contributed by atoms with Crippen LogP contribution in [-0.4, -0.2) is 52.2 Å². The van der Waals surface area contributed by atoms with Crippen molar-refractivity contribution >= 4 is 17.5 Å². The first-order chi connectivity index (χ1) is 13.9. The molecule has 3 fully saturated rings. The fourth-order valence-corrected chi connectivity index (χ4v) is 7.44. The van der Waals surface area contributed by atoms with Gasteiger partial charge in [-0.05, 0) is 66.9 Å². The molecule has 0 aromatic heterocycles. The average Bonchev–Trinajstić information content (AvgIpc) is 2.93. The van der Waals surface area contributed by atoms with Gasteiger partial charge in [-0.15, -0.1) is 0 Å². The third kappa shape index (κ3) is 2.84. The van der Waals surface area contributed by atoms with E-state index in [2.05, 4.69) is 0 Å². The van der Waals surface area contributed by atoms with Gasteiger partial charge in [0.25, 0.3) is 0 Å². The first-order valence-electron chi connectivity index (χ1n) is 10.9. The van der Waals surface area contributed by atoms with E-state index in [1.165, 1.54) is 13.0 Å². The fourth-order valence-electron chi connectivity index (χ4n) is 7.44. The van der Waals surface area contributed by atoms with Gasteiger partial charge in [-0.2, -0.15) is 0 Å². The van der Waals surface area contributed by atoms with Crippen molar-refractivity contribution in [1.82, 2.24) is 0 Å². The number of carbonyl (C=O) groups is 3. The summed E-state index contributed by atoms with van der Waals surface area (Å²) in [5.41, 5.74) is -2.74. The quantitative estimate of drug-likeness (QED) is 0.677. The third-order valence-electron chi connectivity index (χ3n) is 8.89. The van der Waals surface area contributed by atoms with E-state index in [4.69, 9.17) is 4.74 Å².